The first kappa shape index (κ1) is 48.2. The van der Waals surface area contributed by atoms with Gasteiger partial charge in [-0.2, -0.15) is 0 Å². The van der Waals surface area contributed by atoms with Gasteiger partial charge in [0.1, 0.15) is 12.1 Å². The van der Waals surface area contributed by atoms with E-state index in [1.807, 2.05) is 0 Å². The topological polar surface area (TPSA) is 297 Å². The van der Waals surface area contributed by atoms with Crippen LogP contribution in [0.15, 0.2) is 36.4 Å². The lowest BCUT2D eigenvalue weighted by Gasteiger charge is -2.23. The third kappa shape index (κ3) is 16.6. The summed E-state index contributed by atoms with van der Waals surface area (Å²) in [5.41, 5.74) is -0.548. The first-order valence-electron chi connectivity index (χ1n) is 18.1. The van der Waals surface area contributed by atoms with Gasteiger partial charge in [-0.25, -0.2) is 9.86 Å². The molecular weight excluding hydrogens is 784 g/mol. The second-order valence-electron chi connectivity index (χ2n) is 12.4. The van der Waals surface area contributed by atoms with Crippen molar-refractivity contribution in [1.82, 2.24) is 21.0 Å². The zero-order chi connectivity index (χ0) is 44.2. The van der Waals surface area contributed by atoms with E-state index in [2.05, 4.69) is 16.0 Å². The Labute approximate surface area is 337 Å². The van der Waals surface area contributed by atoms with Crippen LogP contribution in [-0.4, -0.2) is 107 Å². The highest BCUT2D eigenvalue weighted by molar-refractivity contribution is 6.02. The fourth-order valence-corrected chi connectivity index (χ4v) is 5.12. The van der Waals surface area contributed by atoms with Gasteiger partial charge >= 0.3 is 35.8 Å². The number of aliphatic carboxylic acids is 1. The highest BCUT2D eigenvalue weighted by atomic mass is 16.6. The molecule has 0 radical (unpaired) electrons. The molecule has 2 rings (SSSR count). The second kappa shape index (κ2) is 24.0. The second-order valence-corrected chi connectivity index (χ2v) is 12.4. The number of amides is 4. The highest BCUT2D eigenvalue weighted by Crippen LogP contribution is 2.33. The lowest BCUT2D eigenvalue weighted by Crippen LogP contribution is -2.52. The largest absolute Gasteiger partial charge is 0.480 e. The van der Waals surface area contributed by atoms with Gasteiger partial charge in [-0.15, -0.1) is 0 Å². The number of para-hydroxylation sites is 2. The monoisotopic (exact) mass is 830 g/mol. The van der Waals surface area contributed by atoms with Gasteiger partial charge in [-0.1, -0.05) is 12.1 Å². The molecule has 21 heteroatoms. The maximum atomic E-state index is 13.6. The average Bonchev–Trinajstić information content (AvgIpc) is 3.14. The van der Waals surface area contributed by atoms with Crippen LogP contribution in [0.4, 0.5) is 0 Å². The molecule has 0 spiro atoms. The predicted octanol–water partition coefficient (Wildman–Crippen LogP) is 1.61. The normalized spacial score (nSPS) is 11.4. The fourth-order valence-electron chi connectivity index (χ4n) is 5.12. The number of rotatable bonds is 22. The van der Waals surface area contributed by atoms with E-state index >= 15 is 0 Å². The third-order valence-electron chi connectivity index (χ3n) is 7.63. The number of hydrogen-bond donors (Lipinski definition) is 5. The standard InChI is InChI=1S/C38H46N4O17/c1-6-55-32(48)16-10-20-42(54)31(47)18-17-28(38(52)53)41-37(51)27(40-36(50)26-12-8-15-30(57-22(3)44)34(26)59-24(5)46)13-9-19-39-35(49)25-11-7-14-29(56-21(2)43)33(25)58-23(4)45/h7-8,11-12,14-15,27-28,54H,6,9-10,13,16-20H2,1-5H3,(H,39,49)(H,40,50)(H,41,51)(H,52,53)/t27-,28+/m1/s1. The Balaban J connectivity index is 2.32. The number of carboxylic acids is 1. The molecule has 0 aliphatic heterocycles. The summed E-state index contributed by atoms with van der Waals surface area (Å²) in [6, 6.07) is 4.42. The summed E-state index contributed by atoms with van der Waals surface area (Å²) < 4.78 is 25.2. The number of carbonyl (C=O) groups excluding carboxylic acids is 9. The number of ether oxygens (including phenoxy) is 5. The predicted molar refractivity (Wildman–Crippen MR) is 199 cm³/mol. The molecule has 0 unspecified atom stereocenters. The van der Waals surface area contributed by atoms with Crippen LogP contribution in [0, 0.1) is 0 Å². The minimum Gasteiger partial charge on any atom is -0.480 e. The molecule has 0 aliphatic carbocycles. The molecule has 2 atom stereocenters. The molecular formula is C38H46N4O17. The van der Waals surface area contributed by atoms with Crippen molar-refractivity contribution in [3.05, 3.63) is 47.5 Å². The number of carboxylic acid groups (broad SMARTS) is 1. The molecule has 4 amide bonds. The highest BCUT2D eigenvalue weighted by Gasteiger charge is 2.30. The summed E-state index contributed by atoms with van der Waals surface area (Å²) in [5.74, 6) is -10.5. The molecule has 21 nitrogen and oxygen atoms in total. The number of hydroxylamine groups is 2. The van der Waals surface area contributed by atoms with E-state index in [0.29, 0.717) is 5.06 Å². The van der Waals surface area contributed by atoms with Gasteiger partial charge < -0.3 is 44.7 Å². The average molecular weight is 831 g/mol. The molecule has 0 aromatic heterocycles. The Hall–Kier alpha value is -6.90. The van der Waals surface area contributed by atoms with E-state index in [1.165, 1.54) is 36.4 Å². The van der Waals surface area contributed by atoms with E-state index in [4.69, 9.17) is 23.7 Å². The summed E-state index contributed by atoms with van der Waals surface area (Å²) in [5, 5.41) is 27.5. The van der Waals surface area contributed by atoms with Crippen molar-refractivity contribution < 1.29 is 81.9 Å². The molecule has 5 N–H and O–H groups in total. The number of nitrogens with one attached hydrogen (secondary N) is 3. The van der Waals surface area contributed by atoms with Crippen molar-refractivity contribution in [3.63, 3.8) is 0 Å². The minimum absolute atomic E-state index is 0.0545. The summed E-state index contributed by atoms with van der Waals surface area (Å²) >= 11 is 0. The SMILES string of the molecule is CCOC(=O)CCCN(O)C(=O)CC[C@H](NC(=O)[C@@H](CCCNC(=O)c1cccc(OC(C)=O)c1OC(C)=O)NC(=O)c1cccc(OC(C)=O)c1OC(C)=O)C(=O)O. The van der Waals surface area contributed by atoms with E-state index in [-0.39, 0.29) is 73.8 Å². The Morgan fingerprint density at radius 1 is 0.661 bits per heavy atom. The lowest BCUT2D eigenvalue weighted by atomic mass is 10.1. The van der Waals surface area contributed by atoms with Gasteiger partial charge in [0.2, 0.25) is 11.8 Å². The van der Waals surface area contributed by atoms with Crippen LogP contribution in [-0.2, 0) is 43.1 Å². The van der Waals surface area contributed by atoms with Crippen LogP contribution in [0.5, 0.6) is 23.0 Å². The van der Waals surface area contributed by atoms with E-state index in [1.54, 1.807) is 6.92 Å². The van der Waals surface area contributed by atoms with Gasteiger partial charge in [0.15, 0.2) is 23.0 Å². The molecule has 0 saturated heterocycles. The fraction of sp³-hybridized carbons (Fsp3) is 0.421. The molecule has 2 aromatic rings. The Morgan fingerprint density at radius 2 is 1.19 bits per heavy atom. The van der Waals surface area contributed by atoms with Gasteiger partial charge in [-0.05, 0) is 56.9 Å². The van der Waals surface area contributed by atoms with Crippen LogP contribution in [0.25, 0.3) is 0 Å². The third-order valence-corrected chi connectivity index (χ3v) is 7.63. The van der Waals surface area contributed by atoms with Crippen molar-refractivity contribution in [2.45, 2.75) is 85.2 Å². The summed E-state index contributed by atoms with van der Waals surface area (Å²) in [7, 11) is 0. The molecule has 0 heterocycles. The summed E-state index contributed by atoms with van der Waals surface area (Å²) in [4.78, 5) is 124. The zero-order valence-electron chi connectivity index (χ0n) is 32.9. The molecule has 0 fully saturated rings. The number of hydrogen-bond acceptors (Lipinski definition) is 16. The molecule has 0 aliphatic rings. The Kier molecular flexibility index (Phi) is 19.6. The lowest BCUT2D eigenvalue weighted by molar-refractivity contribution is -0.166. The molecule has 320 valence electrons. The smallest absolute Gasteiger partial charge is 0.326 e. The van der Waals surface area contributed by atoms with Crippen LogP contribution in [0.2, 0.25) is 0 Å². The number of esters is 5. The quantitative estimate of drug-likeness (QED) is 0.0370. The van der Waals surface area contributed by atoms with Gasteiger partial charge in [0.05, 0.1) is 17.7 Å². The van der Waals surface area contributed by atoms with Crippen LogP contribution in [0.3, 0.4) is 0 Å². The number of carbonyl (C=O) groups is 10. The number of nitrogens with zero attached hydrogens (tertiary/aromatic N) is 1. The first-order valence-corrected chi connectivity index (χ1v) is 18.1. The summed E-state index contributed by atoms with van der Waals surface area (Å²) in [6.07, 6.45) is -1.44. The van der Waals surface area contributed by atoms with Crippen molar-refractivity contribution in [2.24, 2.45) is 0 Å². The van der Waals surface area contributed by atoms with Crippen LogP contribution < -0.4 is 34.9 Å². The Bertz CT molecular complexity index is 1910. The summed E-state index contributed by atoms with van der Waals surface area (Å²) in [6.45, 7) is 5.57. The van der Waals surface area contributed by atoms with Crippen LogP contribution in [0.1, 0.15) is 93.9 Å². The first-order chi connectivity index (χ1) is 27.8. The van der Waals surface area contributed by atoms with E-state index < -0.39 is 90.1 Å². The van der Waals surface area contributed by atoms with Crippen molar-refractivity contribution >= 4 is 59.4 Å². The minimum atomic E-state index is -1.72. The van der Waals surface area contributed by atoms with E-state index in [9.17, 15) is 58.3 Å². The van der Waals surface area contributed by atoms with Gasteiger partial charge in [0.25, 0.3) is 11.8 Å². The maximum Gasteiger partial charge on any atom is 0.326 e. The maximum absolute atomic E-state index is 13.6. The molecule has 2 aromatic carbocycles. The zero-order valence-corrected chi connectivity index (χ0v) is 32.9. The van der Waals surface area contributed by atoms with E-state index in [0.717, 1.165) is 27.7 Å². The molecule has 0 bridgehead atoms. The van der Waals surface area contributed by atoms with Crippen molar-refractivity contribution in [3.8, 4) is 23.0 Å². The molecule has 59 heavy (non-hydrogen) atoms. The van der Waals surface area contributed by atoms with Crippen molar-refractivity contribution in [2.75, 3.05) is 19.7 Å². The Morgan fingerprint density at radius 3 is 1.68 bits per heavy atom. The van der Waals surface area contributed by atoms with Gasteiger partial charge in [-0.3, -0.25) is 48.4 Å². The van der Waals surface area contributed by atoms with Gasteiger partial charge in [0, 0.05) is 53.6 Å². The molecule has 0 saturated carbocycles. The number of benzene rings is 2. The van der Waals surface area contributed by atoms with Crippen LogP contribution >= 0.6 is 0 Å². The van der Waals surface area contributed by atoms with Crippen molar-refractivity contribution in [1.29, 1.82) is 0 Å².